The molecule has 1 amide bonds. The summed E-state index contributed by atoms with van der Waals surface area (Å²) in [4.78, 5) is 17.0. The summed E-state index contributed by atoms with van der Waals surface area (Å²) in [6.07, 6.45) is 7.93. The van der Waals surface area contributed by atoms with E-state index in [1.54, 1.807) is 12.1 Å². The largest absolute Gasteiger partial charge is 1.00 e. The van der Waals surface area contributed by atoms with Gasteiger partial charge in [-0.15, -0.1) is 13.2 Å². The van der Waals surface area contributed by atoms with Gasteiger partial charge in [-0.1, -0.05) is 31.6 Å². The fourth-order valence-electron chi connectivity index (χ4n) is 5.15. The Kier molecular flexibility index (Phi) is 13.6. The molecule has 0 saturated heterocycles. The number of amides is 1. The normalized spacial score (nSPS) is 11.2. The van der Waals surface area contributed by atoms with Gasteiger partial charge in [-0.3, -0.25) is 4.79 Å². The number of halogens is 3. The molecule has 0 radical (unpaired) electrons. The summed E-state index contributed by atoms with van der Waals surface area (Å²) < 4.78 is 27.4. The molecule has 0 aliphatic rings. The molecule has 4 aromatic rings. The highest BCUT2D eigenvalue weighted by atomic mass is 79.9. The Bertz CT molecular complexity index is 1630. The van der Waals surface area contributed by atoms with Crippen molar-refractivity contribution in [2.24, 2.45) is 0 Å². The Morgan fingerprint density at radius 2 is 1.82 bits per heavy atom. The van der Waals surface area contributed by atoms with Crippen molar-refractivity contribution in [3.63, 3.8) is 0 Å². The van der Waals surface area contributed by atoms with Gasteiger partial charge in [0.15, 0.2) is 12.1 Å². The van der Waals surface area contributed by atoms with E-state index >= 15 is 0 Å². The van der Waals surface area contributed by atoms with E-state index < -0.39 is 0 Å². The highest BCUT2D eigenvalue weighted by Gasteiger charge is 2.20. The average molecular weight is 744 g/mol. The average Bonchev–Trinajstić information content (AvgIpc) is 3.41. The van der Waals surface area contributed by atoms with E-state index in [4.69, 9.17) is 14.1 Å². The predicted molar refractivity (Wildman–Crippen MR) is 180 cm³/mol. The quantitative estimate of drug-likeness (QED) is 0.0965. The number of quaternary nitrogens is 1. The van der Waals surface area contributed by atoms with Crippen LogP contribution >= 0.6 is 15.9 Å². The fourth-order valence-corrected chi connectivity index (χ4v) is 5.53. The number of hydrogen-bond donors (Lipinski definition) is 1. The molecule has 45 heavy (non-hydrogen) atoms. The minimum absolute atomic E-state index is 0. The number of ether oxygens (including phenoxy) is 1. The molecule has 0 aliphatic carbocycles. The molecule has 0 unspecified atom stereocenters. The maximum atomic E-state index is 13.9. The monoisotopic (exact) mass is 741 g/mol. The van der Waals surface area contributed by atoms with Gasteiger partial charge in [0, 0.05) is 24.1 Å². The first-order chi connectivity index (χ1) is 21.1. The van der Waals surface area contributed by atoms with Crippen molar-refractivity contribution in [2.75, 3.05) is 40.3 Å². The van der Waals surface area contributed by atoms with Gasteiger partial charge in [-0.05, 0) is 94.3 Å². The summed E-state index contributed by atoms with van der Waals surface area (Å²) in [5, 5.41) is 3.01. The standard InChI is InChI=1S/C36H41BrFN3O3.BrH/c1-6-9-17-39-34(42)24-41(4,5)18-10-19-43-33-16-14-26(22-27(33)12-8-3)29-20-25(11-7-2)21-32-35(29)44-36(40-32)28-13-15-31(38)30(37)23-28;/h7-8,13-16,20-23H,2-3,6,9-12,17-19,24H2,1,4-5H3;1H. The van der Waals surface area contributed by atoms with E-state index in [-0.39, 0.29) is 28.7 Å². The first-order valence-electron chi connectivity index (χ1n) is 15.1. The zero-order chi connectivity index (χ0) is 31.7. The van der Waals surface area contributed by atoms with Gasteiger partial charge in [-0.2, -0.15) is 0 Å². The number of allylic oxidation sites excluding steroid dienone is 2. The second kappa shape index (κ2) is 16.9. The van der Waals surface area contributed by atoms with Gasteiger partial charge in [0.05, 0.1) is 31.7 Å². The number of unbranched alkanes of at least 4 members (excludes halogenated alkanes) is 1. The van der Waals surface area contributed by atoms with Gasteiger partial charge in [0.2, 0.25) is 5.89 Å². The van der Waals surface area contributed by atoms with Crippen LogP contribution in [0.2, 0.25) is 0 Å². The van der Waals surface area contributed by atoms with Crippen LogP contribution in [0.5, 0.6) is 5.75 Å². The Balaban J connectivity index is 0.00000552. The number of likely N-dealkylation sites (N-methyl/N-ethyl adjacent to an activating group) is 1. The molecule has 0 bridgehead atoms. The summed E-state index contributed by atoms with van der Waals surface area (Å²) in [6.45, 7) is 12.5. The Morgan fingerprint density at radius 3 is 2.53 bits per heavy atom. The highest BCUT2D eigenvalue weighted by Crippen LogP contribution is 2.36. The molecule has 0 atom stereocenters. The number of aromatic nitrogens is 1. The molecule has 1 N–H and O–H groups in total. The number of fused-ring (bicyclic) bond motifs is 1. The van der Waals surface area contributed by atoms with Crippen LogP contribution in [0.4, 0.5) is 4.39 Å². The molecule has 9 heteroatoms. The molecule has 0 saturated carbocycles. The molecule has 0 spiro atoms. The number of oxazole rings is 1. The smallest absolute Gasteiger partial charge is 0.275 e. The van der Waals surface area contributed by atoms with Crippen molar-refractivity contribution in [3.05, 3.63) is 95.3 Å². The van der Waals surface area contributed by atoms with Crippen molar-refractivity contribution in [1.29, 1.82) is 0 Å². The molecule has 6 nitrogen and oxygen atoms in total. The second-order valence-corrected chi connectivity index (χ2v) is 12.5. The number of benzene rings is 3. The molecule has 240 valence electrons. The lowest BCUT2D eigenvalue weighted by Crippen LogP contribution is -3.00. The highest BCUT2D eigenvalue weighted by molar-refractivity contribution is 9.10. The molecule has 0 fully saturated rings. The SMILES string of the molecule is C=CCc1cc(-c2ccc(OCCC[N+](C)(C)CC(=O)NCCCC)c(CC=C)c2)c2oc(-c3ccc(F)c(Br)c3)nc2c1.[Br-]. The number of nitrogens with zero attached hydrogens (tertiary/aromatic N) is 2. The topological polar surface area (TPSA) is 64.4 Å². The van der Waals surface area contributed by atoms with Gasteiger partial charge < -0.3 is 35.9 Å². The summed E-state index contributed by atoms with van der Waals surface area (Å²) in [6, 6.07) is 15.0. The molecule has 4 rings (SSSR count). The van der Waals surface area contributed by atoms with E-state index in [9.17, 15) is 9.18 Å². The van der Waals surface area contributed by atoms with Crippen LogP contribution in [-0.4, -0.2) is 55.7 Å². The fraction of sp³-hybridized carbons (Fsp3) is 0.333. The van der Waals surface area contributed by atoms with Gasteiger partial charge in [-0.25, -0.2) is 9.37 Å². The minimum Gasteiger partial charge on any atom is -1.00 e. The third-order valence-corrected chi connectivity index (χ3v) is 8.03. The van der Waals surface area contributed by atoms with Crippen LogP contribution < -0.4 is 27.0 Å². The van der Waals surface area contributed by atoms with Gasteiger partial charge in [0.25, 0.3) is 5.91 Å². The summed E-state index contributed by atoms with van der Waals surface area (Å²) in [7, 11) is 4.14. The van der Waals surface area contributed by atoms with E-state index in [1.165, 1.54) is 6.07 Å². The van der Waals surface area contributed by atoms with Gasteiger partial charge >= 0.3 is 0 Å². The third-order valence-electron chi connectivity index (χ3n) is 7.42. The molecular weight excluding hydrogens is 701 g/mol. The molecule has 1 heterocycles. The van der Waals surface area contributed by atoms with E-state index in [1.807, 2.05) is 30.4 Å². The van der Waals surface area contributed by atoms with Crippen LogP contribution in [0.25, 0.3) is 33.7 Å². The number of nitrogens with one attached hydrogen (secondary N) is 1. The molecule has 1 aromatic heterocycles. The number of carbonyl (C=O) groups excluding carboxylic acids is 1. The lowest BCUT2D eigenvalue weighted by Gasteiger charge is -2.29. The summed E-state index contributed by atoms with van der Waals surface area (Å²) in [5.41, 5.74) is 6.03. The van der Waals surface area contributed by atoms with Crippen LogP contribution in [0.3, 0.4) is 0 Å². The van der Waals surface area contributed by atoms with Crippen LogP contribution in [0.1, 0.15) is 37.3 Å². The molecule has 3 aromatic carbocycles. The lowest BCUT2D eigenvalue weighted by molar-refractivity contribution is -0.882. The van der Waals surface area contributed by atoms with Crippen LogP contribution in [0, 0.1) is 5.82 Å². The van der Waals surface area contributed by atoms with Crippen molar-refractivity contribution < 1.29 is 39.8 Å². The molecular formula is C36H42Br2FN3O3. The van der Waals surface area contributed by atoms with Crippen LogP contribution in [0.15, 0.2) is 82.7 Å². The Morgan fingerprint density at radius 1 is 1.07 bits per heavy atom. The van der Waals surface area contributed by atoms with Crippen molar-refractivity contribution in [3.8, 4) is 28.3 Å². The van der Waals surface area contributed by atoms with E-state index in [0.717, 1.165) is 65.9 Å². The number of carbonyl (C=O) groups is 1. The van der Waals surface area contributed by atoms with Crippen molar-refractivity contribution >= 4 is 32.9 Å². The predicted octanol–water partition coefficient (Wildman–Crippen LogP) is 5.29. The number of hydrogen-bond acceptors (Lipinski definition) is 4. The summed E-state index contributed by atoms with van der Waals surface area (Å²) >= 11 is 3.26. The maximum Gasteiger partial charge on any atom is 0.275 e. The van der Waals surface area contributed by atoms with Crippen molar-refractivity contribution in [1.82, 2.24) is 10.3 Å². The third kappa shape index (κ3) is 9.86. The Labute approximate surface area is 284 Å². The zero-order valence-electron chi connectivity index (χ0n) is 26.3. The second-order valence-electron chi connectivity index (χ2n) is 11.7. The van der Waals surface area contributed by atoms with E-state index in [0.29, 0.717) is 52.0 Å². The van der Waals surface area contributed by atoms with Crippen molar-refractivity contribution in [2.45, 2.75) is 39.0 Å². The summed E-state index contributed by atoms with van der Waals surface area (Å²) in [5.74, 6) is 0.973. The minimum atomic E-state index is -0.344. The lowest BCUT2D eigenvalue weighted by atomic mass is 9.97. The number of rotatable bonds is 16. The van der Waals surface area contributed by atoms with E-state index in [2.05, 4.69) is 67.6 Å². The first-order valence-corrected chi connectivity index (χ1v) is 15.9. The first kappa shape index (κ1) is 36.2. The van der Waals surface area contributed by atoms with Gasteiger partial charge in [0.1, 0.15) is 17.1 Å². The zero-order valence-corrected chi connectivity index (χ0v) is 29.5. The molecule has 0 aliphatic heterocycles. The maximum absolute atomic E-state index is 13.9. The van der Waals surface area contributed by atoms with Crippen LogP contribution in [-0.2, 0) is 17.6 Å². The Hall–Kier alpha value is -3.27.